The molecule has 0 unspecified atom stereocenters. The average molecular weight is 348 g/mol. The summed E-state index contributed by atoms with van der Waals surface area (Å²) in [6, 6.07) is 11.1. The first-order chi connectivity index (χ1) is 12.6. The van der Waals surface area contributed by atoms with Gasteiger partial charge in [0.2, 0.25) is 0 Å². The minimum absolute atomic E-state index is 0.184. The van der Waals surface area contributed by atoms with Crippen LogP contribution in [0.1, 0.15) is 17.0 Å². The Kier molecular flexibility index (Phi) is 3.12. The maximum Gasteiger partial charge on any atom is 0.185 e. The molecule has 0 amide bonds. The molecule has 4 aromatic rings. The molecule has 0 spiro atoms. The fraction of sp³-hybridized carbons (Fsp3) is 0.211. The Morgan fingerprint density at radius 1 is 1.04 bits per heavy atom. The molecule has 1 aliphatic heterocycles. The number of benzene rings is 2. The molecule has 6 nitrogen and oxygen atoms in total. The van der Waals surface area contributed by atoms with E-state index in [1.807, 2.05) is 31.2 Å². The van der Waals surface area contributed by atoms with Crippen LogP contribution in [0.4, 0.5) is 15.9 Å². The summed E-state index contributed by atoms with van der Waals surface area (Å²) < 4.78 is 15.9. The summed E-state index contributed by atoms with van der Waals surface area (Å²) in [6.07, 6.45) is 0.599. The van der Waals surface area contributed by atoms with Gasteiger partial charge < -0.3 is 10.6 Å². The van der Waals surface area contributed by atoms with Crippen molar-refractivity contribution in [2.75, 3.05) is 17.2 Å². The predicted molar refractivity (Wildman–Crippen MR) is 98.6 cm³/mol. The molecule has 5 rings (SSSR count). The summed E-state index contributed by atoms with van der Waals surface area (Å²) in [5.74, 6) is 1.39. The van der Waals surface area contributed by atoms with Crippen molar-refractivity contribution >= 4 is 27.9 Å². The molecular weight excluding hydrogens is 331 g/mol. The highest BCUT2D eigenvalue weighted by molar-refractivity contribution is 6.00. The lowest BCUT2D eigenvalue weighted by Gasteiger charge is -2.31. The maximum absolute atomic E-state index is 14.1. The normalized spacial score (nSPS) is 14.2. The monoisotopic (exact) mass is 348 g/mol. The summed E-state index contributed by atoms with van der Waals surface area (Å²) in [5.41, 5.74) is 9.05. The van der Waals surface area contributed by atoms with Gasteiger partial charge in [0, 0.05) is 35.1 Å². The molecule has 0 aliphatic carbocycles. The molecule has 26 heavy (non-hydrogen) atoms. The van der Waals surface area contributed by atoms with Crippen LogP contribution in [0.2, 0.25) is 0 Å². The van der Waals surface area contributed by atoms with Crippen LogP contribution in [0, 0.1) is 12.7 Å². The summed E-state index contributed by atoms with van der Waals surface area (Å²) in [6.45, 7) is 3.09. The van der Waals surface area contributed by atoms with E-state index in [4.69, 9.17) is 10.8 Å². The van der Waals surface area contributed by atoms with Crippen molar-refractivity contribution in [3.05, 3.63) is 59.2 Å². The van der Waals surface area contributed by atoms with Gasteiger partial charge in [0.15, 0.2) is 17.3 Å². The first-order valence-corrected chi connectivity index (χ1v) is 8.55. The Morgan fingerprint density at radius 2 is 1.85 bits per heavy atom. The molecule has 1 aliphatic rings. The highest BCUT2D eigenvalue weighted by atomic mass is 19.1. The molecule has 0 saturated carbocycles. The molecule has 3 heterocycles. The molecule has 2 N–H and O–H groups in total. The Morgan fingerprint density at radius 3 is 2.69 bits per heavy atom. The van der Waals surface area contributed by atoms with Gasteiger partial charge in [-0.3, -0.25) is 0 Å². The fourth-order valence-electron chi connectivity index (χ4n) is 3.74. The van der Waals surface area contributed by atoms with Crippen molar-refractivity contribution in [3.8, 4) is 0 Å². The third kappa shape index (κ3) is 2.06. The van der Waals surface area contributed by atoms with E-state index in [0.29, 0.717) is 30.8 Å². The molecule has 0 atom stereocenters. The zero-order chi connectivity index (χ0) is 17.8. The molecule has 0 fully saturated rings. The van der Waals surface area contributed by atoms with E-state index in [1.54, 1.807) is 10.6 Å². The molecule has 2 aromatic heterocycles. The number of nitrogen functional groups attached to an aromatic ring is 1. The summed E-state index contributed by atoms with van der Waals surface area (Å²) in [4.78, 5) is 2.15. The molecular formula is C19H17FN6. The number of nitrogens with zero attached hydrogens (tertiary/aromatic N) is 5. The number of rotatable bonds is 1. The van der Waals surface area contributed by atoms with Crippen LogP contribution in [0.15, 0.2) is 36.4 Å². The highest BCUT2D eigenvalue weighted by Gasteiger charge is 2.24. The minimum Gasteiger partial charge on any atom is -0.398 e. The van der Waals surface area contributed by atoms with E-state index in [9.17, 15) is 4.39 Å². The number of anilines is 2. The first kappa shape index (κ1) is 15.1. The van der Waals surface area contributed by atoms with Gasteiger partial charge in [-0.05, 0) is 31.0 Å². The summed E-state index contributed by atoms with van der Waals surface area (Å²) in [5, 5.41) is 15.2. The van der Waals surface area contributed by atoms with Crippen LogP contribution in [-0.4, -0.2) is 26.4 Å². The molecule has 2 aromatic carbocycles. The van der Waals surface area contributed by atoms with E-state index in [1.165, 1.54) is 6.07 Å². The number of halogens is 1. The zero-order valence-corrected chi connectivity index (χ0v) is 14.3. The molecule has 0 saturated heterocycles. The second kappa shape index (κ2) is 5.39. The second-order valence-corrected chi connectivity index (χ2v) is 6.62. The summed E-state index contributed by atoms with van der Waals surface area (Å²) >= 11 is 0. The smallest absolute Gasteiger partial charge is 0.185 e. The lowest BCUT2D eigenvalue weighted by molar-refractivity contribution is 0.589. The van der Waals surface area contributed by atoms with Gasteiger partial charge in [-0.2, -0.15) is 4.52 Å². The van der Waals surface area contributed by atoms with Gasteiger partial charge in [-0.1, -0.05) is 24.3 Å². The lowest BCUT2D eigenvalue weighted by Crippen LogP contribution is -2.33. The zero-order valence-electron chi connectivity index (χ0n) is 14.3. The van der Waals surface area contributed by atoms with Gasteiger partial charge in [0.05, 0.1) is 0 Å². The Bertz CT molecular complexity index is 1170. The van der Waals surface area contributed by atoms with E-state index in [-0.39, 0.29) is 5.82 Å². The van der Waals surface area contributed by atoms with Crippen LogP contribution in [0.25, 0.3) is 16.4 Å². The van der Waals surface area contributed by atoms with Crippen LogP contribution >= 0.6 is 0 Å². The quantitative estimate of drug-likeness (QED) is 0.536. The molecule has 7 heteroatoms. The van der Waals surface area contributed by atoms with Crippen LogP contribution < -0.4 is 10.6 Å². The topological polar surface area (TPSA) is 72.3 Å². The maximum atomic E-state index is 14.1. The fourth-order valence-corrected chi connectivity index (χ4v) is 3.74. The van der Waals surface area contributed by atoms with Crippen molar-refractivity contribution in [3.63, 3.8) is 0 Å². The van der Waals surface area contributed by atoms with Crippen LogP contribution in [0.5, 0.6) is 0 Å². The van der Waals surface area contributed by atoms with Gasteiger partial charge >= 0.3 is 0 Å². The lowest BCUT2D eigenvalue weighted by atomic mass is 9.97. The average Bonchev–Trinajstić information content (AvgIpc) is 3.05. The predicted octanol–water partition coefficient (Wildman–Crippen LogP) is 2.87. The Labute approximate surface area is 149 Å². The first-order valence-electron chi connectivity index (χ1n) is 8.55. The third-order valence-electron chi connectivity index (χ3n) is 5.09. The summed E-state index contributed by atoms with van der Waals surface area (Å²) in [7, 11) is 0. The number of hydrogen-bond acceptors (Lipinski definition) is 5. The molecule has 0 radical (unpaired) electrons. The van der Waals surface area contributed by atoms with Crippen molar-refractivity contribution in [2.45, 2.75) is 19.9 Å². The SMILES string of the molecule is Cc1nnc2c3ccccc3c(N3CCc4c(F)ccc(N)c4C3)nn12. The molecule has 0 bridgehead atoms. The van der Waals surface area contributed by atoms with Crippen molar-refractivity contribution < 1.29 is 4.39 Å². The largest absolute Gasteiger partial charge is 0.398 e. The Hall–Kier alpha value is -3.22. The van der Waals surface area contributed by atoms with E-state index < -0.39 is 0 Å². The number of hydrogen-bond donors (Lipinski definition) is 1. The Balaban J connectivity index is 1.71. The number of fused-ring (bicyclic) bond motifs is 4. The standard InChI is InChI=1S/C19H17FN6/c1-11-22-23-18-13-4-2-3-5-14(13)19(24-26(11)18)25-9-8-12-15(10-25)17(21)7-6-16(12)20/h2-7H,8-10,21H2,1H3. The van der Waals surface area contributed by atoms with Gasteiger partial charge in [-0.15, -0.1) is 15.3 Å². The van der Waals surface area contributed by atoms with E-state index >= 15 is 0 Å². The number of aromatic nitrogens is 4. The molecule has 130 valence electrons. The number of aryl methyl sites for hydroxylation is 1. The van der Waals surface area contributed by atoms with Crippen LogP contribution in [0.3, 0.4) is 0 Å². The minimum atomic E-state index is -0.184. The number of nitrogens with two attached hydrogens (primary N) is 1. The van der Waals surface area contributed by atoms with Gasteiger partial charge in [-0.25, -0.2) is 4.39 Å². The van der Waals surface area contributed by atoms with Crippen molar-refractivity contribution in [1.82, 2.24) is 19.8 Å². The van der Waals surface area contributed by atoms with Crippen molar-refractivity contribution in [1.29, 1.82) is 0 Å². The van der Waals surface area contributed by atoms with E-state index in [2.05, 4.69) is 15.1 Å². The highest BCUT2D eigenvalue weighted by Crippen LogP contribution is 2.33. The van der Waals surface area contributed by atoms with Gasteiger partial charge in [0.25, 0.3) is 0 Å². The van der Waals surface area contributed by atoms with E-state index in [0.717, 1.165) is 33.6 Å². The van der Waals surface area contributed by atoms with Crippen LogP contribution in [-0.2, 0) is 13.0 Å². The second-order valence-electron chi connectivity index (χ2n) is 6.62. The van der Waals surface area contributed by atoms with Crippen molar-refractivity contribution in [2.24, 2.45) is 0 Å². The van der Waals surface area contributed by atoms with Gasteiger partial charge in [0.1, 0.15) is 5.82 Å². The third-order valence-corrected chi connectivity index (χ3v) is 5.09.